The second-order valence-corrected chi connectivity index (χ2v) is 4.31. The standard InChI is InChI=1S/C11H19NO/c1-12-8-6-11(7-9-12)5-3-2-4-10-13-11/h2,4H,3,5-10H2,1H3. The topological polar surface area (TPSA) is 12.5 Å². The number of likely N-dealkylation sites (tertiary alicyclic amines) is 1. The SMILES string of the molecule is CN1CCC2(CCC=CCO2)CC1. The molecule has 0 unspecified atom stereocenters. The van der Waals surface area contributed by atoms with E-state index in [2.05, 4.69) is 24.1 Å². The Morgan fingerprint density at radius 3 is 2.69 bits per heavy atom. The van der Waals surface area contributed by atoms with Gasteiger partial charge in [0.25, 0.3) is 0 Å². The van der Waals surface area contributed by atoms with Gasteiger partial charge < -0.3 is 9.64 Å². The molecular weight excluding hydrogens is 162 g/mol. The summed E-state index contributed by atoms with van der Waals surface area (Å²) in [7, 11) is 2.20. The highest BCUT2D eigenvalue weighted by atomic mass is 16.5. The molecule has 1 spiro atoms. The summed E-state index contributed by atoms with van der Waals surface area (Å²) < 4.78 is 5.97. The van der Waals surface area contributed by atoms with Crippen LogP contribution in [0.3, 0.4) is 0 Å². The van der Waals surface area contributed by atoms with E-state index in [0.29, 0.717) is 0 Å². The molecule has 0 aromatic carbocycles. The van der Waals surface area contributed by atoms with Gasteiger partial charge in [-0.2, -0.15) is 0 Å². The minimum Gasteiger partial charge on any atom is -0.371 e. The first-order valence-electron chi connectivity index (χ1n) is 5.28. The molecule has 2 rings (SSSR count). The molecule has 2 heterocycles. The Morgan fingerprint density at radius 2 is 1.92 bits per heavy atom. The summed E-state index contributed by atoms with van der Waals surface area (Å²) in [4.78, 5) is 2.40. The molecule has 0 aliphatic carbocycles. The van der Waals surface area contributed by atoms with Crippen LogP contribution in [0.15, 0.2) is 12.2 Å². The Labute approximate surface area is 80.6 Å². The van der Waals surface area contributed by atoms with E-state index in [1.165, 1.54) is 38.8 Å². The van der Waals surface area contributed by atoms with Gasteiger partial charge in [-0.15, -0.1) is 0 Å². The van der Waals surface area contributed by atoms with E-state index < -0.39 is 0 Å². The molecule has 0 radical (unpaired) electrons. The molecule has 2 nitrogen and oxygen atoms in total. The third-order valence-electron chi connectivity index (χ3n) is 3.32. The molecule has 2 aliphatic rings. The van der Waals surface area contributed by atoms with E-state index in [1.54, 1.807) is 0 Å². The minimum atomic E-state index is 0.218. The molecule has 0 aromatic heterocycles. The minimum absolute atomic E-state index is 0.218. The lowest BCUT2D eigenvalue weighted by Gasteiger charge is -2.39. The first kappa shape index (κ1) is 9.22. The molecular formula is C11H19NO. The maximum atomic E-state index is 5.97. The van der Waals surface area contributed by atoms with E-state index in [0.717, 1.165) is 6.61 Å². The highest BCUT2D eigenvalue weighted by molar-refractivity contribution is 4.95. The maximum Gasteiger partial charge on any atom is 0.0714 e. The molecule has 74 valence electrons. The molecule has 0 aromatic rings. The van der Waals surface area contributed by atoms with Gasteiger partial charge in [-0.3, -0.25) is 0 Å². The zero-order valence-corrected chi connectivity index (χ0v) is 8.46. The van der Waals surface area contributed by atoms with Gasteiger partial charge in [0, 0.05) is 13.1 Å². The largest absolute Gasteiger partial charge is 0.371 e. The van der Waals surface area contributed by atoms with Crippen LogP contribution >= 0.6 is 0 Å². The number of piperidine rings is 1. The average Bonchev–Trinajstić information content (AvgIpc) is 2.37. The molecule has 0 N–H and O–H groups in total. The van der Waals surface area contributed by atoms with Crippen molar-refractivity contribution in [1.82, 2.24) is 4.90 Å². The van der Waals surface area contributed by atoms with Crippen molar-refractivity contribution in [2.24, 2.45) is 0 Å². The van der Waals surface area contributed by atoms with Gasteiger partial charge >= 0.3 is 0 Å². The van der Waals surface area contributed by atoms with Gasteiger partial charge in [0.1, 0.15) is 0 Å². The molecule has 2 heteroatoms. The highest BCUT2D eigenvalue weighted by Gasteiger charge is 2.34. The highest BCUT2D eigenvalue weighted by Crippen LogP contribution is 2.32. The number of ether oxygens (including phenoxy) is 1. The second kappa shape index (κ2) is 3.81. The normalized spacial score (nSPS) is 29.0. The molecule has 0 atom stereocenters. The summed E-state index contributed by atoms with van der Waals surface area (Å²) in [5.74, 6) is 0. The molecule has 0 bridgehead atoms. The van der Waals surface area contributed by atoms with Crippen molar-refractivity contribution in [2.75, 3.05) is 26.7 Å². The van der Waals surface area contributed by atoms with Crippen LogP contribution in [0.4, 0.5) is 0 Å². The van der Waals surface area contributed by atoms with Crippen LogP contribution in [0.25, 0.3) is 0 Å². The van der Waals surface area contributed by atoms with Crippen molar-refractivity contribution >= 4 is 0 Å². The fourth-order valence-corrected chi connectivity index (χ4v) is 2.25. The molecule has 13 heavy (non-hydrogen) atoms. The Kier molecular flexibility index (Phi) is 2.70. The molecule has 2 aliphatic heterocycles. The smallest absolute Gasteiger partial charge is 0.0714 e. The number of hydrogen-bond donors (Lipinski definition) is 0. The van der Waals surface area contributed by atoms with Crippen molar-refractivity contribution in [3.63, 3.8) is 0 Å². The van der Waals surface area contributed by atoms with Crippen LogP contribution in [0.1, 0.15) is 25.7 Å². The van der Waals surface area contributed by atoms with E-state index >= 15 is 0 Å². The van der Waals surface area contributed by atoms with Crippen molar-refractivity contribution < 1.29 is 4.74 Å². The van der Waals surface area contributed by atoms with Crippen LogP contribution < -0.4 is 0 Å². The Morgan fingerprint density at radius 1 is 1.15 bits per heavy atom. The van der Waals surface area contributed by atoms with Crippen molar-refractivity contribution in [3.05, 3.63) is 12.2 Å². The molecule has 1 fully saturated rings. The zero-order chi connectivity index (χ0) is 9.15. The lowest BCUT2D eigenvalue weighted by Crippen LogP contribution is -2.44. The first-order valence-corrected chi connectivity index (χ1v) is 5.28. The van der Waals surface area contributed by atoms with Gasteiger partial charge in [0.05, 0.1) is 12.2 Å². The average molecular weight is 181 g/mol. The molecule has 0 amide bonds. The third-order valence-corrected chi connectivity index (χ3v) is 3.32. The summed E-state index contributed by atoms with van der Waals surface area (Å²) >= 11 is 0. The Hall–Kier alpha value is -0.340. The maximum absolute atomic E-state index is 5.97. The predicted octanol–water partition coefficient (Wildman–Crippen LogP) is 1.82. The number of allylic oxidation sites excluding steroid dienone is 1. The fraction of sp³-hybridized carbons (Fsp3) is 0.818. The number of nitrogens with zero attached hydrogens (tertiary/aromatic N) is 1. The van der Waals surface area contributed by atoms with Crippen LogP contribution in [-0.4, -0.2) is 37.2 Å². The van der Waals surface area contributed by atoms with Gasteiger partial charge in [0.2, 0.25) is 0 Å². The van der Waals surface area contributed by atoms with Crippen molar-refractivity contribution in [3.8, 4) is 0 Å². The van der Waals surface area contributed by atoms with E-state index in [9.17, 15) is 0 Å². The van der Waals surface area contributed by atoms with E-state index in [4.69, 9.17) is 4.74 Å². The van der Waals surface area contributed by atoms with Crippen molar-refractivity contribution in [2.45, 2.75) is 31.3 Å². The Balaban J connectivity index is 1.96. The monoisotopic (exact) mass is 181 g/mol. The summed E-state index contributed by atoms with van der Waals surface area (Å²) in [5, 5.41) is 0. The molecule has 1 saturated heterocycles. The summed E-state index contributed by atoms with van der Waals surface area (Å²) in [6, 6.07) is 0. The summed E-state index contributed by atoms with van der Waals surface area (Å²) in [6.07, 6.45) is 9.26. The Bertz CT molecular complexity index is 180. The van der Waals surface area contributed by atoms with Crippen LogP contribution in [0, 0.1) is 0 Å². The van der Waals surface area contributed by atoms with Crippen molar-refractivity contribution in [1.29, 1.82) is 0 Å². The number of rotatable bonds is 0. The van der Waals surface area contributed by atoms with Crippen LogP contribution in [-0.2, 0) is 4.74 Å². The first-order chi connectivity index (χ1) is 6.31. The van der Waals surface area contributed by atoms with Crippen LogP contribution in [0.2, 0.25) is 0 Å². The molecule has 0 saturated carbocycles. The van der Waals surface area contributed by atoms with Crippen LogP contribution in [0.5, 0.6) is 0 Å². The van der Waals surface area contributed by atoms with Gasteiger partial charge in [-0.1, -0.05) is 12.2 Å². The lowest BCUT2D eigenvalue weighted by molar-refractivity contribution is -0.0715. The van der Waals surface area contributed by atoms with Gasteiger partial charge in [-0.05, 0) is 32.7 Å². The van der Waals surface area contributed by atoms with Gasteiger partial charge in [-0.25, -0.2) is 0 Å². The summed E-state index contributed by atoms with van der Waals surface area (Å²) in [5.41, 5.74) is 0.218. The fourth-order valence-electron chi connectivity index (χ4n) is 2.25. The third kappa shape index (κ3) is 2.12. The lowest BCUT2D eigenvalue weighted by atomic mass is 9.87. The van der Waals surface area contributed by atoms with E-state index in [-0.39, 0.29) is 5.60 Å². The second-order valence-electron chi connectivity index (χ2n) is 4.31. The predicted molar refractivity (Wildman–Crippen MR) is 53.8 cm³/mol. The van der Waals surface area contributed by atoms with E-state index in [1.807, 2.05) is 0 Å². The number of hydrogen-bond acceptors (Lipinski definition) is 2. The quantitative estimate of drug-likeness (QED) is 0.528. The van der Waals surface area contributed by atoms with Gasteiger partial charge in [0.15, 0.2) is 0 Å². The zero-order valence-electron chi connectivity index (χ0n) is 8.46. The summed E-state index contributed by atoms with van der Waals surface area (Å²) in [6.45, 7) is 3.21.